The van der Waals surface area contributed by atoms with Gasteiger partial charge in [0.05, 0.1) is 12.0 Å². The summed E-state index contributed by atoms with van der Waals surface area (Å²) in [6, 6.07) is 10.9. The summed E-state index contributed by atoms with van der Waals surface area (Å²) in [5, 5.41) is 10.5. The van der Waals surface area contributed by atoms with Gasteiger partial charge in [-0.05, 0) is 30.7 Å². The highest BCUT2D eigenvalue weighted by Crippen LogP contribution is 2.33. The molecule has 0 bridgehead atoms. The van der Waals surface area contributed by atoms with E-state index in [1.807, 2.05) is 11.9 Å². The molecule has 2 unspecified atom stereocenters. The molecule has 1 aliphatic carbocycles. The van der Waals surface area contributed by atoms with E-state index in [1.54, 1.807) is 0 Å². The minimum atomic E-state index is -0.747. The number of carbonyl (C=O) groups is 1. The summed E-state index contributed by atoms with van der Waals surface area (Å²) in [6.07, 6.45) is 4.94. The van der Waals surface area contributed by atoms with E-state index in [0.29, 0.717) is 12.3 Å². The number of hydrogen-bond acceptors (Lipinski definition) is 3. The standard InChI is InChI=1S/C21H32N2O2/c1-17-15-23(16-18-8-4-3-5-9-18)13-10-19(17)22(2)20(24)14-21(25)11-6-7-12-21/h3-5,8-9,17,19,25H,6-7,10-16H2,1-2H3. The highest BCUT2D eigenvalue weighted by molar-refractivity contribution is 5.77. The molecular weight excluding hydrogens is 312 g/mol. The van der Waals surface area contributed by atoms with Crippen molar-refractivity contribution >= 4 is 5.91 Å². The smallest absolute Gasteiger partial charge is 0.225 e. The first-order chi connectivity index (χ1) is 12.0. The van der Waals surface area contributed by atoms with Gasteiger partial charge >= 0.3 is 0 Å². The second-order valence-corrected chi connectivity index (χ2v) is 8.17. The first-order valence-corrected chi connectivity index (χ1v) is 9.71. The molecule has 1 amide bonds. The Morgan fingerprint density at radius 2 is 1.96 bits per heavy atom. The van der Waals surface area contributed by atoms with Gasteiger partial charge in [-0.1, -0.05) is 50.1 Å². The van der Waals surface area contributed by atoms with Crippen LogP contribution in [0.2, 0.25) is 0 Å². The van der Waals surface area contributed by atoms with Gasteiger partial charge in [-0.3, -0.25) is 9.69 Å². The van der Waals surface area contributed by atoms with Gasteiger partial charge in [0.1, 0.15) is 0 Å². The lowest BCUT2D eigenvalue weighted by molar-refractivity contribution is -0.139. The number of nitrogens with zero attached hydrogens (tertiary/aromatic N) is 2. The molecule has 4 heteroatoms. The molecule has 25 heavy (non-hydrogen) atoms. The summed E-state index contributed by atoms with van der Waals surface area (Å²) in [6.45, 7) is 5.26. The molecule has 2 fully saturated rings. The van der Waals surface area contributed by atoms with Crippen LogP contribution in [0.4, 0.5) is 0 Å². The molecule has 1 aromatic rings. The maximum atomic E-state index is 12.7. The van der Waals surface area contributed by atoms with E-state index < -0.39 is 5.60 Å². The van der Waals surface area contributed by atoms with E-state index in [4.69, 9.17) is 0 Å². The van der Waals surface area contributed by atoms with E-state index in [1.165, 1.54) is 5.56 Å². The lowest BCUT2D eigenvalue weighted by Crippen LogP contribution is -2.51. The van der Waals surface area contributed by atoms with Crippen LogP contribution >= 0.6 is 0 Å². The maximum absolute atomic E-state index is 12.7. The Labute approximate surface area is 151 Å². The van der Waals surface area contributed by atoms with Crippen molar-refractivity contribution in [3.8, 4) is 0 Å². The molecule has 1 aromatic carbocycles. The Kier molecular flexibility index (Phi) is 5.80. The molecular formula is C21H32N2O2. The molecule has 1 N–H and O–H groups in total. The Morgan fingerprint density at radius 1 is 1.28 bits per heavy atom. The van der Waals surface area contributed by atoms with Crippen LogP contribution in [0.5, 0.6) is 0 Å². The first-order valence-electron chi connectivity index (χ1n) is 9.71. The first kappa shape index (κ1) is 18.4. The largest absolute Gasteiger partial charge is 0.389 e. The highest BCUT2D eigenvalue weighted by Gasteiger charge is 2.37. The molecule has 1 aliphatic heterocycles. The Bertz CT molecular complexity index is 569. The number of carbonyl (C=O) groups excluding carboxylic acids is 1. The zero-order valence-corrected chi connectivity index (χ0v) is 15.7. The van der Waals surface area contributed by atoms with Crippen LogP contribution < -0.4 is 0 Å². The maximum Gasteiger partial charge on any atom is 0.225 e. The minimum absolute atomic E-state index is 0.109. The van der Waals surface area contributed by atoms with Gasteiger partial charge < -0.3 is 10.0 Å². The van der Waals surface area contributed by atoms with Crippen LogP contribution in [-0.4, -0.2) is 52.6 Å². The van der Waals surface area contributed by atoms with E-state index in [9.17, 15) is 9.90 Å². The molecule has 1 saturated carbocycles. The minimum Gasteiger partial charge on any atom is -0.389 e. The third-order valence-corrected chi connectivity index (χ3v) is 6.10. The average molecular weight is 344 g/mol. The molecule has 4 nitrogen and oxygen atoms in total. The van der Waals surface area contributed by atoms with Crippen molar-refractivity contribution in [2.75, 3.05) is 20.1 Å². The predicted octanol–water partition coefficient (Wildman–Crippen LogP) is 3.05. The van der Waals surface area contributed by atoms with Crippen LogP contribution in [0, 0.1) is 5.92 Å². The SMILES string of the molecule is CC1CN(Cc2ccccc2)CCC1N(C)C(=O)CC1(O)CCCC1. The molecule has 2 atom stereocenters. The fraction of sp³-hybridized carbons (Fsp3) is 0.667. The van der Waals surface area contributed by atoms with Gasteiger partial charge in [0.25, 0.3) is 0 Å². The summed E-state index contributed by atoms with van der Waals surface area (Å²) in [4.78, 5) is 17.1. The van der Waals surface area contributed by atoms with Gasteiger partial charge in [0.15, 0.2) is 0 Å². The quantitative estimate of drug-likeness (QED) is 0.893. The number of benzene rings is 1. The molecule has 1 heterocycles. The van der Waals surface area contributed by atoms with Crippen molar-refractivity contribution in [1.82, 2.24) is 9.80 Å². The van der Waals surface area contributed by atoms with E-state index >= 15 is 0 Å². The monoisotopic (exact) mass is 344 g/mol. The van der Waals surface area contributed by atoms with Crippen molar-refractivity contribution in [2.24, 2.45) is 5.92 Å². The van der Waals surface area contributed by atoms with Crippen LogP contribution in [-0.2, 0) is 11.3 Å². The zero-order valence-electron chi connectivity index (χ0n) is 15.7. The van der Waals surface area contributed by atoms with E-state index in [2.05, 4.69) is 42.2 Å². The molecule has 0 spiro atoms. The number of aliphatic hydroxyl groups is 1. The van der Waals surface area contributed by atoms with Gasteiger partial charge in [0.2, 0.25) is 5.91 Å². The second-order valence-electron chi connectivity index (χ2n) is 8.17. The van der Waals surface area contributed by atoms with Gasteiger partial charge in [-0.25, -0.2) is 0 Å². The van der Waals surface area contributed by atoms with Crippen molar-refractivity contribution in [1.29, 1.82) is 0 Å². The van der Waals surface area contributed by atoms with Gasteiger partial charge in [-0.2, -0.15) is 0 Å². The van der Waals surface area contributed by atoms with Crippen molar-refractivity contribution < 1.29 is 9.90 Å². The second kappa shape index (κ2) is 7.88. The Hall–Kier alpha value is -1.39. The predicted molar refractivity (Wildman–Crippen MR) is 100 cm³/mol. The number of hydrogen-bond donors (Lipinski definition) is 1. The van der Waals surface area contributed by atoms with Crippen LogP contribution in [0.1, 0.15) is 51.0 Å². The number of piperidine rings is 1. The molecule has 138 valence electrons. The topological polar surface area (TPSA) is 43.8 Å². The molecule has 0 radical (unpaired) electrons. The normalized spacial score (nSPS) is 26.5. The third kappa shape index (κ3) is 4.62. The summed E-state index contributed by atoms with van der Waals surface area (Å²) < 4.78 is 0. The molecule has 1 saturated heterocycles. The average Bonchev–Trinajstić information content (AvgIpc) is 3.01. The summed E-state index contributed by atoms with van der Waals surface area (Å²) in [5.74, 6) is 0.558. The van der Waals surface area contributed by atoms with Crippen LogP contribution in [0.3, 0.4) is 0 Å². The van der Waals surface area contributed by atoms with E-state index in [0.717, 1.165) is 51.7 Å². The molecule has 3 rings (SSSR count). The van der Waals surface area contributed by atoms with Crippen LogP contribution in [0.25, 0.3) is 0 Å². The van der Waals surface area contributed by atoms with E-state index in [-0.39, 0.29) is 11.9 Å². The Morgan fingerprint density at radius 3 is 2.60 bits per heavy atom. The van der Waals surface area contributed by atoms with Gasteiger partial charge in [-0.15, -0.1) is 0 Å². The summed E-state index contributed by atoms with van der Waals surface area (Å²) in [5.41, 5.74) is 0.601. The van der Waals surface area contributed by atoms with Crippen LogP contribution in [0.15, 0.2) is 30.3 Å². The summed E-state index contributed by atoms with van der Waals surface area (Å²) in [7, 11) is 1.93. The number of likely N-dealkylation sites (tertiary alicyclic amines) is 1. The zero-order chi connectivity index (χ0) is 17.9. The lowest BCUT2D eigenvalue weighted by atomic mass is 9.90. The Balaban J connectivity index is 1.52. The van der Waals surface area contributed by atoms with Crippen molar-refractivity contribution in [2.45, 2.75) is 63.6 Å². The third-order valence-electron chi connectivity index (χ3n) is 6.10. The highest BCUT2D eigenvalue weighted by atomic mass is 16.3. The fourth-order valence-electron chi connectivity index (χ4n) is 4.58. The molecule has 0 aromatic heterocycles. The van der Waals surface area contributed by atoms with Crippen molar-refractivity contribution in [3.63, 3.8) is 0 Å². The van der Waals surface area contributed by atoms with Crippen molar-refractivity contribution in [3.05, 3.63) is 35.9 Å². The number of amides is 1. The summed E-state index contributed by atoms with van der Waals surface area (Å²) >= 11 is 0. The lowest BCUT2D eigenvalue weighted by Gasteiger charge is -2.42. The fourth-order valence-corrected chi connectivity index (χ4v) is 4.58. The molecule has 2 aliphatic rings. The van der Waals surface area contributed by atoms with Gasteiger partial charge in [0, 0.05) is 32.7 Å². The number of rotatable bonds is 5.